The molecule has 20 heavy (non-hydrogen) atoms. The van der Waals surface area contributed by atoms with Crippen molar-refractivity contribution in [3.63, 3.8) is 0 Å². The Labute approximate surface area is 123 Å². The number of rotatable bonds is 4. The lowest BCUT2D eigenvalue weighted by atomic mass is 9.95. The van der Waals surface area contributed by atoms with Crippen molar-refractivity contribution in [3.8, 4) is 11.1 Å². The van der Waals surface area contributed by atoms with Crippen molar-refractivity contribution in [2.24, 2.45) is 5.41 Å². The van der Waals surface area contributed by atoms with Crippen LogP contribution in [0.2, 0.25) is 0 Å². The standard InChI is InChI=1S/C19H25N/c1-15(20-14-19(2,3)4)16-10-12-18(13-11-16)17-8-6-5-7-9-17/h5-13,15,20H,14H2,1-4H3. The van der Waals surface area contributed by atoms with Crippen LogP contribution in [-0.2, 0) is 0 Å². The van der Waals surface area contributed by atoms with Gasteiger partial charge in [-0.2, -0.15) is 0 Å². The van der Waals surface area contributed by atoms with Gasteiger partial charge in [-0.1, -0.05) is 75.4 Å². The lowest BCUT2D eigenvalue weighted by Gasteiger charge is -2.23. The van der Waals surface area contributed by atoms with Crippen LogP contribution >= 0.6 is 0 Å². The molecule has 0 aliphatic carbocycles. The van der Waals surface area contributed by atoms with Gasteiger partial charge in [-0.25, -0.2) is 0 Å². The molecule has 0 saturated carbocycles. The summed E-state index contributed by atoms with van der Waals surface area (Å²) in [6.45, 7) is 10.0. The van der Waals surface area contributed by atoms with Gasteiger partial charge in [0.05, 0.1) is 0 Å². The lowest BCUT2D eigenvalue weighted by Crippen LogP contribution is -2.29. The monoisotopic (exact) mass is 267 g/mol. The van der Waals surface area contributed by atoms with Gasteiger partial charge in [-0.3, -0.25) is 0 Å². The van der Waals surface area contributed by atoms with Crippen molar-refractivity contribution >= 4 is 0 Å². The Morgan fingerprint density at radius 2 is 1.40 bits per heavy atom. The van der Waals surface area contributed by atoms with E-state index in [4.69, 9.17) is 0 Å². The molecule has 106 valence electrons. The van der Waals surface area contributed by atoms with E-state index in [1.165, 1.54) is 16.7 Å². The zero-order chi connectivity index (χ0) is 14.6. The molecule has 0 fully saturated rings. The molecular weight excluding hydrogens is 242 g/mol. The summed E-state index contributed by atoms with van der Waals surface area (Å²) in [4.78, 5) is 0. The average Bonchev–Trinajstić information content (AvgIpc) is 2.45. The average molecular weight is 267 g/mol. The van der Waals surface area contributed by atoms with E-state index in [1.807, 2.05) is 0 Å². The summed E-state index contributed by atoms with van der Waals surface area (Å²) in [5.41, 5.74) is 4.21. The molecule has 2 aromatic carbocycles. The largest absolute Gasteiger partial charge is 0.310 e. The zero-order valence-electron chi connectivity index (χ0n) is 13.0. The van der Waals surface area contributed by atoms with Gasteiger partial charge in [0.1, 0.15) is 0 Å². The predicted octanol–water partition coefficient (Wildman–Crippen LogP) is 5.05. The molecule has 0 amide bonds. The number of nitrogens with one attached hydrogen (secondary N) is 1. The fourth-order valence-electron chi connectivity index (χ4n) is 2.17. The van der Waals surface area contributed by atoms with Gasteiger partial charge in [-0.15, -0.1) is 0 Å². The third kappa shape index (κ3) is 4.21. The Kier molecular flexibility index (Phi) is 4.61. The zero-order valence-corrected chi connectivity index (χ0v) is 13.0. The summed E-state index contributed by atoms with van der Waals surface area (Å²) in [6, 6.07) is 19.8. The minimum atomic E-state index is 0.318. The van der Waals surface area contributed by atoms with Gasteiger partial charge in [0.25, 0.3) is 0 Å². The minimum Gasteiger partial charge on any atom is -0.310 e. The highest BCUT2D eigenvalue weighted by Crippen LogP contribution is 2.22. The molecule has 1 unspecified atom stereocenters. The summed E-state index contributed by atoms with van der Waals surface area (Å²) < 4.78 is 0. The first kappa shape index (κ1) is 14.8. The molecule has 0 spiro atoms. The van der Waals surface area contributed by atoms with E-state index in [9.17, 15) is 0 Å². The van der Waals surface area contributed by atoms with Crippen molar-refractivity contribution in [1.82, 2.24) is 5.32 Å². The number of benzene rings is 2. The van der Waals surface area contributed by atoms with E-state index >= 15 is 0 Å². The molecule has 0 aliphatic rings. The van der Waals surface area contributed by atoms with Crippen LogP contribution in [0.5, 0.6) is 0 Å². The molecule has 0 radical (unpaired) electrons. The van der Waals surface area contributed by atoms with E-state index in [1.54, 1.807) is 0 Å². The molecule has 2 rings (SSSR count). The minimum absolute atomic E-state index is 0.318. The third-order valence-corrected chi connectivity index (χ3v) is 3.46. The normalized spacial score (nSPS) is 13.2. The lowest BCUT2D eigenvalue weighted by molar-refractivity contribution is 0.359. The summed E-state index contributed by atoms with van der Waals surface area (Å²) in [7, 11) is 0. The molecular formula is C19H25N. The fourth-order valence-corrected chi connectivity index (χ4v) is 2.17. The highest BCUT2D eigenvalue weighted by molar-refractivity contribution is 5.63. The first-order valence-corrected chi connectivity index (χ1v) is 7.34. The van der Waals surface area contributed by atoms with Gasteiger partial charge < -0.3 is 5.32 Å². The Morgan fingerprint density at radius 1 is 0.850 bits per heavy atom. The maximum atomic E-state index is 3.60. The van der Waals surface area contributed by atoms with Gasteiger partial charge in [0.2, 0.25) is 0 Å². The Hall–Kier alpha value is -1.60. The first-order valence-electron chi connectivity index (χ1n) is 7.34. The summed E-state index contributed by atoms with van der Waals surface area (Å²) >= 11 is 0. The van der Waals surface area contributed by atoms with Crippen molar-refractivity contribution in [1.29, 1.82) is 0 Å². The molecule has 1 N–H and O–H groups in total. The number of hydrogen-bond donors (Lipinski definition) is 1. The molecule has 1 heteroatoms. The van der Waals surface area contributed by atoms with Crippen LogP contribution in [0.4, 0.5) is 0 Å². The second kappa shape index (κ2) is 6.23. The SMILES string of the molecule is CC(NCC(C)(C)C)c1ccc(-c2ccccc2)cc1. The highest BCUT2D eigenvalue weighted by Gasteiger charge is 2.12. The smallest absolute Gasteiger partial charge is 0.0292 e. The highest BCUT2D eigenvalue weighted by atomic mass is 14.9. The van der Waals surface area contributed by atoms with Crippen LogP contribution in [0.25, 0.3) is 11.1 Å². The predicted molar refractivity (Wildman–Crippen MR) is 87.8 cm³/mol. The van der Waals surface area contributed by atoms with Crippen molar-refractivity contribution in [2.75, 3.05) is 6.54 Å². The second-order valence-electron chi connectivity index (χ2n) is 6.65. The first-order chi connectivity index (χ1) is 9.46. The van der Waals surface area contributed by atoms with Crippen LogP contribution in [-0.4, -0.2) is 6.54 Å². The van der Waals surface area contributed by atoms with Gasteiger partial charge in [0, 0.05) is 12.6 Å². The quantitative estimate of drug-likeness (QED) is 0.817. The molecule has 1 nitrogen and oxygen atoms in total. The van der Waals surface area contributed by atoms with Crippen LogP contribution < -0.4 is 5.32 Å². The molecule has 2 aromatic rings. The van der Waals surface area contributed by atoms with Crippen LogP contribution in [0, 0.1) is 5.41 Å². The Bertz CT molecular complexity index is 520. The fraction of sp³-hybridized carbons (Fsp3) is 0.368. The van der Waals surface area contributed by atoms with Gasteiger partial charge in [0.15, 0.2) is 0 Å². The van der Waals surface area contributed by atoms with E-state index in [0.29, 0.717) is 11.5 Å². The summed E-state index contributed by atoms with van der Waals surface area (Å²) in [5.74, 6) is 0. The summed E-state index contributed by atoms with van der Waals surface area (Å²) in [6.07, 6.45) is 0. The second-order valence-corrected chi connectivity index (χ2v) is 6.65. The maximum absolute atomic E-state index is 3.60. The number of hydrogen-bond acceptors (Lipinski definition) is 1. The molecule has 0 bridgehead atoms. The van der Waals surface area contributed by atoms with E-state index in [-0.39, 0.29) is 0 Å². The Morgan fingerprint density at radius 3 is 1.95 bits per heavy atom. The third-order valence-electron chi connectivity index (χ3n) is 3.46. The van der Waals surface area contributed by atoms with Crippen molar-refractivity contribution < 1.29 is 0 Å². The molecule has 0 aliphatic heterocycles. The summed E-state index contributed by atoms with van der Waals surface area (Å²) in [5, 5.41) is 3.60. The molecule has 0 heterocycles. The van der Waals surface area contributed by atoms with Crippen LogP contribution in [0.1, 0.15) is 39.3 Å². The van der Waals surface area contributed by atoms with Crippen molar-refractivity contribution in [3.05, 3.63) is 60.2 Å². The van der Waals surface area contributed by atoms with E-state index < -0.39 is 0 Å². The molecule has 1 atom stereocenters. The van der Waals surface area contributed by atoms with Crippen LogP contribution in [0.3, 0.4) is 0 Å². The Balaban J connectivity index is 2.05. The molecule has 0 aromatic heterocycles. The van der Waals surface area contributed by atoms with Crippen LogP contribution in [0.15, 0.2) is 54.6 Å². The topological polar surface area (TPSA) is 12.0 Å². The maximum Gasteiger partial charge on any atom is 0.0292 e. The van der Waals surface area contributed by atoms with E-state index in [0.717, 1.165) is 6.54 Å². The molecule has 0 saturated heterocycles. The van der Waals surface area contributed by atoms with Crippen molar-refractivity contribution in [2.45, 2.75) is 33.7 Å². The van der Waals surface area contributed by atoms with Gasteiger partial charge in [-0.05, 0) is 29.0 Å². The van der Waals surface area contributed by atoms with Gasteiger partial charge >= 0.3 is 0 Å². The van der Waals surface area contributed by atoms with E-state index in [2.05, 4.69) is 87.6 Å².